The second kappa shape index (κ2) is 8.01. The first-order valence-electron chi connectivity index (χ1n) is 8.03. The van der Waals surface area contributed by atoms with E-state index in [1.54, 1.807) is 7.11 Å². The number of rotatable bonds is 7. The Balaban J connectivity index is 1.70. The highest BCUT2D eigenvalue weighted by Crippen LogP contribution is 2.31. The number of hydrogen-bond donors (Lipinski definition) is 1. The number of nitrogens with one attached hydrogen (secondary N) is 1. The molecule has 1 N–H and O–H groups in total. The summed E-state index contributed by atoms with van der Waals surface area (Å²) in [5.74, 6) is 2.05. The number of nitrogens with zero attached hydrogens (tertiary/aromatic N) is 2. The lowest BCUT2D eigenvalue weighted by Crippen LogP contribution is -2.17. The topological polar surface area (TPSA) is 86.5 Å². The molecule has 136 valence electrons. The average Bonchev–Trinajstić information content (AvgIpc) is 3.29. The van der Waals surface area contributed by atoms with Crippen LogP contribution in [0.2, 0.25) is 0 Å². The average molecular weight is 373 g/mol. The Morgan fingerprint density at radius 1 is 1.27 bits per heavy atom. The minimum atomic E-state index is -0.425. The van der Waals surface area contributed by atoms with Crippen molar-refractivity contribution in [1.82, 2.24) is 15.5 Å². The first kappa shape index (κ1) is 17.9. The van der Waals surface area contributed by atoms with Crippen LogP contribution in [0.1, 0.15) is 30.7 Å². The highest BCUT2D eigenvalue weighted by atomic mass is 32.1. The van der Waals surface area contributed by atoms with E-state index < -0.39 is 6.10 Å². The Hall–Kier alpha value is -2.87. The predicted molar refractivity (Wildman–Crippen MR) is 97.2 cm³/mol. The summed E-state index contributed by atoms with van der Waals surface area (Å²) in [7, 11) is 1.59. The summed E-state index contributed by atoms with van der Waals surface area (Å²) >= 11 is 1.50. The summed E-state index contributed by atoms with van der Waals surface area (Å²) in [5, 5.41) is 6.79. The molecule has 0 fully saturated rings. The number of aromatic nitrogens is 2. The molecule has 2 aromatic heterocycles. The van der Waals surface area contributed by atoms with Crippen molar-refractivity contribution in [1.29, 1.82) is 0 Å². The van der Waals surface area contributed by atoms with Gasteiger partial charge in [0.15, 0.2) is 17.6 Å². The van der Waals surface area contributed by atoms with Crippen LogP contribution in [0.25, 0.3) is 10.7 Å². The van der Waals surface area contributed by atoms with Gasteiger partial charge in [0.1, 0.15) is 0 Å². The van der Waals surface area contributed by atoms with Gasteiger partial charge in [0.05, 0.1) is 18.5 Å². The third-order valence-electron chi connectivity index (χ3n) is 3.56. The van der Waals surface area contributed by atoms with Gasteiger partial charge in [-0.3, -0.25) is 4.79 Å². The van der Waals surface area contributed by atoms with Crippen molar-refractivity contribution in [2.24, 2.45) is 0 Å². The largest absolute Gasteiger partial charge is 0.493 e. The molecule has 7 nitrogen and oxygen atoms in total. The molecule has 3 aromatic rings. The minimum absolute atomic E-state index is 0.0656. The van der Waals surface area contributed by atoms with Crippen LogP contribution in [0.3, 0.4) is 0 Å². The molecular weight excluding hydrogens is 354 g/mol. The van der Waals surface area contributed by atoms with Gasteiger partial charge in [-0.2, -0.15) is 4.98 Å². The quantitative estimate of drug-likeness (QED) is 0.681. The highest BCUT2D eigenvalue weighted by molar-refractivity contribution is 7.15. The number of hydrogen-bond acceptors (Lipinski definition) is 7. The van der Waals surface area contributed by atoms with Crippen LogP contribution >= 0.6 is 11.3 Å². The molecule has 0 aliphatic heterocycles. The number of methoxy groups -OCH3 is 1. The van der Waals surface area contributed by atoms with Gasteiger partial charge in [0.25, 0.3) is 5.89 Å². The fourth-order valence-corrected chi connectivity index (χ4v) is 3.14. The van der Waals surface area contributed by atoms with E-state index in [0.717, 1.165) is 9.75 Å². The van der Waals surface area contributed by atoms with E-state index in [-0.39, 0.29) is 5.91 Å². The molecule has 0 bridgehead atoms. The summed E-state index contributed by atoms with van der Waals surface area (Å²) < 4.78 is 16.5. The predicted octanol–water partition coefficient (Wildman–Crippen LogP) is 3.58. The van der Waals surface area contributed by atoms with E-state index in [1.807, 2.05) is 43.3 Å². The fraction of sp³-hybridized carbons (Fsp3) is 0.278. The second-order valence-corrected chi connectivity index (χ2v) is 6.71. The van der Waals surface area contributed by atoms with Crippen molar-refractivity contribution < 1.29 is 18.8 Å². The molecule has 0 aliphatic carbocycles. The van der Waals surface area contributed by atoms with E-state index >= 15 is 0 Å². The minimum Gasteiger partial charge on any atom is -0.493 e. The van der Waals surface area contributed by atoms with Gasteiger partial charge in [0.2, 0.25) is 11.7 Å². The Bertz CT molecular complexity index is 890. The molecule has 26 heavy (non-hydrogen) atoms. The summed E-state index contributed by atoms with van der Waals surface area (Å²) in [4.78, 5) is 17.3. The lowest BCUT2D eigenvalue weighted by atomic mass is 10.3. The molecular formula is C18H19N3O4S. The van der Waals surface area contributed by atoms with Crippen LogP contribution in [-0.2, 0) is 11.3 Å². The van der Waals surface area contributed by atoms with Crippen molar-refractivity contribution >= 4 is 17.2 Å². The number of ether oxygens (including phenoxy) is 2. The van der Waals surface area contributed by atoms with Crippen molar-refractivity contribution in [3.05, 3.63) is 47.2 Å². The van der Waals surface area contributed by atoms with Gasteiger partial charge in [-0.25, -0.2) is 0 Å². The lowest BCUT2D eigenvalue weighted by Gasteiger charge is -2.13. The summed E-state index contributed by atoms with van der Waals surface area (Å²) in [5.41, 5.74) is 0. The molecule has 0 saturated carbocycles. The first-order chi connectivity index (χ1) is 12.6. The third-order valence-corrected chi connectivity index (χ3v) is 4.64. The van der Waals surface area contributed by atoms with E-state index in [2.05, 4.69) is 15.5 Å². The SMILES string of the molecule is COc1ccccc1O[C@H](C)c1nc(-c2ccc(CNC(C)=O)s2)no1. The molecule has 8 heteroatoms. The maximum Gasteiger partial charge on any atom is 0.267 e. The number of benzene rings is 1. The smallest absolute Gasteiger partial charge is 0.267 e. The summed E-state index contributed by atoms with van der Waals surface area (Å²) in [6.07, 6.45) is -0.425. The van der Waals surface area contributed by atoms with Crippen LogP contribution in [-0.4, -0.2) is 23.2 Å². The molecule has 1 aromatic carbocycles. The van der Waals surface area contributed by atoms with Gasteiger partial charge in [-0.1, -0.05) is 17.3 Å². The van der Waals surface area contributed by atoms with Gasteiger partial charge >= 0.3 is 0 Å². The van der Waals surface area contributed by atoms with Crippen molar-refractivity contribution in [2.45, 2.75) is 26.5 Å². The first-order valence-corrected chi connectivity index (χ1v) is 8.85. The zero-order valence-electron chi connectivity index (χ0n) is 14.7. The number of para-hydroxylation sites is 2. The van der Waals surface area contributed by atoms with Crippen LogP contribution < -0.4 is 14.8 Å². The van der Waals surface area contributed by atoms with Gasteiger partial charge in [-0.15, -0.1) is 11.3 Å². The van der Waals surface area contributed by atoms with Crippen LogP contribution in [0, 0.1) is 0 Å². The van der Waals surface area contributed by atoms with Gasteiger partial charge in [0, 0.05) is 11.8 Å². The monoisotopic (exact) mass is 373 g/mol. The molecule has 0 unspecified atom stereocenters. The number of carbonyl (C=O) groups excluding carboxylic acids is 1. The van der Waals surface area contributed by atoms with Crippen LogP contribution in [0.4, 0.5) is 0 Å². The Morgan fingerprint density at radius 2 is 2.04 bits per heavy atom. The number of amides is 1. The van der Waals surface area contributed by atoms with Crippen molar-refractivity contribution in [2.75, 3.05) is 7.11 Å². The zero-order valence-corrected chi connectivity index (χ0v) is 15.5. The van der Waals surface area contributed by atoms with Crippen LogP contribution in [0.15, 0.2) is 40.9 Å². The van der Waals surface area contributed by atoms with Crippen LogP contribution in [0.5, 0.6) is 11.5 Å². The zero-order chi connectivity index (χ0) is 18.5. The van der Waals surface area contributed by atoms with Gasteiger partial charge < -0.3 is 19.3 Å². The van der Waals surface area contributed by atoms with Crippen molar-refractivity contribution in [3.8, 4) is 22.2 Å². The fourth-order valence-electron chi connectivity index (χ4n) is 2.26. The van der Waals surface area contributed by atoms with E-state index in [0.29, 0.717) is 29.8 Å². The molecule has 0 aliphatic rings. The van der Waals surface area contributed by atoms with E-state index in [9.17, 15) is 4.79 Å². The highest BCUT2D eigenvalue weighted by Gasteiger charge is 2.19. The lowest BCUT2D eigenvalue weighted by molar-refractivity contribution is -0.119. The van der Waals surface area contributed by atoms with Crippen molar-refractivity contribution in [3.63, 3.8) is 0 Å². The third kappa shape index (κ3) is 4.20. The molecule has 0 radical (unpaired) electrons. The Labute approximate surface area is 154 Å². The Kier molecular flexibility index (Phi) is 5.52. The van der Waals surface area contributed by atoms with E-state index in [1.165, 1.54) is 18.3 Å². The summed E-state index contributed by atoms with van der Waals surface area (Å²) in [6, 6.07) is 11.2. The van der Waals surface area contributed by atoms with E-state index in [4.69, 9.17) is 14.0 Å². The van der Waals surface area contributed by atoms with Gasteiger partial charge in [-0.05, 0) is 31.2 Å². The maximum absolute atomic E-state index is 11.0. The molecule has 0 spiro atoms. The second-order valence-electron chi connectivity index (χ2n) is 5.54. The number of carbonyl (C=O) groups is 1. The normalized spacial score (nSPS) is 11.8. The summed E-state index contributed by atoms with van der Waals surface area (Å²) in [6.45, 7) is 3.81. The Morgan fingerprint density at radius 3 is 2.77 bits per heavy atom. The number of thiophene rings is 1. The molecule has 0 saturated heterocycles. The molecule has 1 atom stereocenters. The molecule has 3 rings (SSSR count). The molecule has 2 heterocycles. The maximum atomic E-state index is 11.0. The molecule has 1 amide bonds. The standard InChI is InChI=1S/C18H19N3O4S/c1-11(24-15-7-5-4-6-14(15)23-3)18-20-17(21-25-18)16-9-8-13(26-16)10-19-12(2)22/h4-9,11H,10H2,1-3H3,(H,19,22)/t11-/m1/s1.